The average Bonchev–Trinajstić information content (AvgIpc) is 3.25. The van der Waals surface area contributed by atoms with Crippen LogP contribution in [0, 0.1) is 23.6 Å². The van der Waals surface area contributed by atoms with E-state index in [-0.39, 0.29) is 18.7 Å². The van der Waals surface area contributed by atoms with Crippen molar-refractivity contribution < 1.29 is 49.2 Å². The quantitative estimate of drug-likeness (QED) is 0.0164. The number of β-lactam (4-membered cyclic amide) rings is 1. The molecule has 13 heteroatoms. The van der Waals surface area contributed by atoms with Crippen molar-refractivity contribution in [2.75, 3.05) is 11.5 Å². The molecule has 1 aliphatic heterocycles. The molecule has 0 aliphatic carbocycles. The summed E-state index contributed by atoms with van der Waals surface area (Å²) in [5, 5.41) is 0. The largest absolute Gasteiger partial charge is 0.534 e. The van der Waals surface area contributed by atoms with Gasteiger partial charge >= 0.3 is 21.6 Å². The van der Waals surface area contributed by atoms with Crippen LogP contribution in [0.15, 0.2) is 133 Å². The van der Waals surface area contributed by atoms with Crippen LogP contribution in [0.4, 0.5) is 23.2 Å². The van der Waals surface area contributed by atoms with Crippen LogP contribution >= 0.6 is 0 Å². The Morgan fingerprint density at radius 2 is 1.55 bits per heavy atom. The van der Waals surface area contributed by atoms with Gasteiger partial charge in [0.1, 0.15) is 17.7 Å². The molecule has 1 fully saturated rings. The number of unbranched alkanes of at least 4 members (excludes halogenated alkanes) is 2. The zero-order valence-corrected chi connectivity index (χ0v) is 34.7. The standard InChI is InChI=1S/C49H45F4NO7S/c1-35(55)60-46(40-23-25-42(50)26-24-40)32-31-45-47(54(48(45)56)43-27-29-44(30-28-43)61-62(57,58)49(51,52)53)41-21-19-36(20-22-41)14-11-18-39-17-9-8-16-38(39)15-7-2-3-10-33-59-34-37-12-5-4-6-13-37/h4-6,8-9,11-13,16-30,45-47H,2-3,10,14,31-34H2,1H3/b18-11+/t45-,46+,47-/m1/s1. The van der Waals surface area contributed by atoms with Crippen molar-refractivity contribution in [3.63, 3.8) is 0 Å². The fourth-order valence-electron chi connectivity index (χ4n) is 7.11. The molecule has 0 radical (unpaired) electrons. The topological polar surface area (TPSA) is 99.2 Å². The van der Waals surface area contributed by atoms with Crippen molar-refractivity contribution >= 4 is 33.8 Å². The highest BCUT2D eigenvalue weighted by Gasteiger charge is 2.50. The molecule has 8 nitrogen and oxygen atoms in total. The van der Waals surface area contributed by atoms with E-state index in [1.165, 1.54) is 48.2 Å². The third-order valence-corrected chi connectivity index (χ3v) is 11.2. The van der Waals surface area contributed by atoms with Gasteiger partial charge in [0.05, 0.1) is 18.6 Å². The molecule has 1 amide bonds. The van der Waals surface area contributed by atoms with Crippen LogP contribution in [0.1, 0.15) is 84.6 Å². The zero-order valence-electron chi connectivity index (χ0n) is 33.9. The molecule has 1 heterocycles. The Hall–Kier alpha value is -6.23. The molecule has 62 heavy (non-hydrogen) atoms. The first-order valence-electron chi connectivity index (χ1n) is 20.1. The minimum atomic E-state index is -5.89. The maximum absolute atomic E-state index is 13.8. The number of benzene rings is 5. The minimum absolute atomic E-state index is 0.243. The van der Waals surface area contributed by atoms with E-state index in [0.717, 1.165) is 59.2 Å². The first kappa shape index (κ1) is 45.3. The minimum Gasteiger partial charge on any atom is -0.458 e. The summed E-state index contributed by atoms with van der Waals surface area (Å²) in [4.78, 5) is 27.3. The van der Waals surface area contributed by atoms with E-state index in [1.807, 2.05) is 84.9 Å². The van der Waals surface area contributed by atoms with E-state index in [2.05, 4.69) is 22.1 Å². The van der Waals surface area contributed by atoms with Crippen molar-refractivity contribution in [1.29, 1.82) is 0 Å². The van der Waals surface area contributed by atoms with Gasteiger partial charge in [-0.2, -0.15) is 21.6 Å². The first-order chi connectivity index (χ1) is 29.8. The van der Waals surface area contributed by atoms with Gasteiger partial charge in [0.15, 0.2) is 0 Å². The van der Waals surface area contributed by atoms with E-state index in [9.17, 15) is 35.6 Å². The summed E-state index contributed by atoms with van der Waals surface area (Å²) < 4.78 is 91.2. The van der Waals surface area contributed by atoms with Crippen LogP contribution < -0.4 is 9.08 Å². The van der Waals surface area contributed by atoms with Crippen LogP contribution in [0.2, 0.25) is 0 Å². The Bertz CT molecular complexity index is 2480. The fourth-order valence-corrected chi connectivity index (χ4v) is 7.57. The molecule has 0 saturated carbocycles. The molecule has 1 aliphatic rings. The fraction of sp³-hybridized carbons (Fsp3) is 0.265. The molecule has 0 aromatic heterocycles. The summed E-state index contributed by atoms with van der Waals surface area (Å²) in [6.07, 6.45) is 7.08. The number of anilines is 1. The molecule has 1 saturated heterocycles. The number of nitrogens with zero attached hydrogens (tertiary/aromatic N) is 1. The van der Waals surface area contributed by atoms with Gasteiger partial charge in [0.2, 0.25) is 5.91 Å². The lowest BCUT2D eigenvalue weighted by Crippen LogP contribution is -2.55. The number of carbonyl (C=O) groups is 2. The normalized spacial score (nSPS) is 15.7. The van der Waals surface area contributed by atoms with Gasteiger partial charge in [0, 0.05) is 31.2 Å². The molecular formula is C49H45F4NO7S. The number of hydrogen-bond donors (Lipinski definition) is 0. The molecule has 0 bridgehead atoms. The Morgan fingerprint density at radius 3 is 2.24 bits per heavy atom. The number of halogens is 4. The number of esters is 1. The summed E-state index contributed by atoms with van der Waals surface area (Å²) in [5.74, 6) is 4.13. The van der Waals surface area contributed by atoms with Gasteiger partial charge in [-0.25, -0.2) is 4.39 Å². The van der Waals surface area contributed by atoms with Crippen LogP contribution in [0.5, 0.6) is 5.75 Å². The second kappa shape index (κ2) is 21.0. The summed E-state index contributed by atoms with van der Waals surface area (Å²) in [7, 11) is -5.89. The van der Waals surface area contributed by atoms with Crippen molar-refractivity contribution in [2.45, 2.75) is 69.7 Å². The highest BCUT2D eigenvalue weighted by atomic mass is 32.2. The van der Waals surface area contributed by atoms with Gasteiger partial charge in [-0.1, -0.05) is 109 Å². The van der Waals surface area contributed by atoms with E-state index in [1.54, 1.807) is 0 Å². The van der Waals surface area contributed by atoms with Gasteiger partial charge in [-0.05, 0) is 102 Å². The van der Waals surface area contributed by atoms with Crippen LogP contribution in [0.3, 0.4) is 0 Å². The molecule has 322 valence electrons. The lowest BCUT2D eigenvalue weighted by Gasteiger charge is -2.48. The molecule has 0 N–H and O–H groups in total. The Labute approximate surface area is 359 Å². The van der Waals surface area contributed by atoms with E-state index < -0.39 is 51.2 Å². The van der Waals surface area contributed by atoms with E-state index in [4.69, 9.17) is 9.47 Å². The molecule has 0 spiro atoms. The summed E-state index contributed by atoms with van der Waals surface area (Å²) in [5.41, 5.74) is 0.106. The number of alkyl halides is 3. The molecule has 5 aromatic rings. The van der Waals surface area contributed by atoms with Gasteiger partial charge < -0.3 is 18.6 Å². The third kappa shape index (κ3) is 12.2. The third-order valence-electron chi connectivity index (χ3n) is 10.2. The van der Waals surface area contributed by atoms with Crippen LogP contribution in [-0.4, -0.2) is 32.4 Å². The number of carbonyl (C=O) groups excluding carboxylic acids is 2. The molecule has 3 atom stereocenters. The van der Waals surface area contributed by atoms with Crippen LogP contribution in [-0.2, 0) is 42.2 Å². The number of allylic oxidation sites excluding steroid dienone is 1. The SMILES string of the molecule is CC(=O)O[C@@H](CC[C@H]1C(=O)N(c2ccc(OS(=O)(=O)C(F)(F)F)cc2)[C@@H]1c1ccc(C/C=C/c2ccccc2C#CCCCCOCc2ccccc2)cc1)c1ccc(F)cc1. The maximum Gasteiger partial charge on any atom is 0.534 e. The van der Waals surface area contributed by atoms with Gasteiger partial charge in [-0.3, -0.25) is 9.59 Å². The van der Waals surface area contributed by atoms with Gasteiger partial charge in [0.25, 0.3) is 0 Å². The van der Waals surface area contributed by atoms with Crippen LogP contribution in [0.25, 0.3) is 6.08 Å². The first-order valence-corrected chi connectivity index (χ1v) is 21.5. The molecule has 0 unspecified atom stereocenters. The summed E-state index contributed by atoms with van der Waals surface area (Å²) in [6.45, 7) is 2.55. The monoisotopic (exact) mass is 867 g/mol. The zero-order chi connectivity index (χ0) is 44.1. The van der Waals surface area contributed by atoms with Gasteiger partial charge in [-0.15, -0.1) is 0 Å². The van der Waals surface area contributed by atoms with Crippen molar-refractivity contribution in [1.82, 2.24) is 0 Å². The van der Waals surface area contributed by atoms with E-state index in [0.29, 0.717) is 30.9 Å². The number of amides is 1. The Morgan fingerprint density at radius 1 is 0.855 bits per heavy atom. The van der Waals surface area contributed by atoms with Crippen molar-refractivity contribution in [3.8, 4) is 17.6 Å². The predicted molar refractivity (Wildman–Crippen MR) is 228 cm³/mol. The smallest absolute Gasteiger partial charge is 0.458 e. The van der Waals surface area contributed by atoms with Crippen molar-refractivity contribution in [2.24, 2.45) is 5.92 Å². The average molecular weight is 868 g/mol. The lowest BCUT2D eigenvalue weighted by atomic mass is 9.78. The summed E-state index contributed by atoms with van der Waals surface area (Å²) >= 11 is 0. The molecule has 6 rings (SSSR count). The Kier molecular flexibility index (Phi) is 15.4. The maximum atomic E-state index is 13.8. The number of hydrogen-bond acceptors (Lipinski definition) is 7. The van der Waals surface area contributed by atoms with E-state index >= 15 is 0 Å². The second-order valence-electron chi connectivity index (χ2n) is 14.7. The van der Waals surface area contributed by atoms with Crippen molar-refractivity contribution in [3.05, 3.63) is 173 Å². The highest BCUT2D eigenvalue weighted by molar-refractivity contribution is 7.88. The lowest BCUT2D eigenvalue weighted by molar-refractivity contribution is -0.147. The Balaban J connectivity index is 1.12. The predicted octanol–water partition coefficient (Wildman–Crippen LogP) is 10.8. The number of ether oxygens (including phenoxy) is 2. The number of rotatable bonds is 18. The molecular weight excluding hydrogens is 823 g/mol. The highest BCUT2D eigenvalue weighted by Crippen LogP contribution is 2.47. The second-order valence-corrected chi connectivity index (χ2v) is 16.2. The molecule has 5 aromatic carbocycles. The summed E-state index contributed by atoms with van der Waals surface area (Å²) in [6, 6.07) is 35.5.